The highest BCUT2D eigenvalue weighted by molar-refractivity contribution is 6.59. The van der Waals surface area contributed by atoms with Gasteiger partial charge in [-0.25, -0.2) is 0 Å². The highest BCUT2D eigenvalue weighted by atomic mass is 16.4. The van der Waals surface area contributed by atoms with E-state index in [0.717, 1.165) is 5.46 Å². The topological polar surface area (TPSA) is 40.5 Å². The molecule has 0 aliphatic heterocycles. The molecular weight excluding hydrogens is 187 g/mol. The van der Waals surface area contributed by atoms with Crippen molar-refractivity contribution in [3.63, 3.8) is 0 Å². The van der Waals surface area contributed by atoms with E-state index in [-0.39, 0.29) is 0 Å². The predicted molar refractivity (Wildman–Crippen MR) is 60.2 cm³/mol. The van der Waals surface area contributed by atoms with Crippen molar-refractivity contribution in [2.24, 2.45) is 0 Å². The normalized spacial score (nSPS) is 20.4. The van der Waals surface area contributed by atoms with Crippen LogP contribution >= 0.6 is 0 Å². The molecule has 15 heavy (non-hydrogen) atoms. The van der Waals surface area contributed by atoms with Gasteiger partial charge in [-0.2, -0.15) is 0 Å². The minimum Gasteiger partial charge on any atom is -0.423 e. The van der Waals surface area contributed by atoms with E-state index in [1.807, 2.05) is 12.1 Å². The molecule has 78 valence electrons. The molecule has 2 aliphatic rings. The fraction of sp³-hybridized carbons (Fsp3) is 0.500. The lowest BCUT2D eigenvalue weighted by molar-refractivity contribution is 0.425. The van der Waals surface area contributed by atoms with Crippen LogP contribution in [0.25, 0.3) is 0 Å². The first-order chi connectivity index (χ1) is 7.27. The lowest BCUT2D eigenvalue weighted by Crippen LogP contribution is -2.33. The Morgan fingerprint density at radius 2 is 1.67 bits per heavy atom. The molecule has 2 saturated carbocycles. The molecule has 0 radical (unpaired) electrons. The molecule has 0 atom stereocenters. The summed E-state index contributed by atoms with van der Waals surface area (Å²) in [7, 11) is -1.31. The van der Waals surface area contributed by atoms with Crippen LogP contribution in [0.15, 0.2) is 18.2 Å². The molecule has 0 spiro atoms. The quantitative estimate of drug-likeness (QED) is 0.721. The average Bonchev–Trinajstić information content (AvgIpc) is 3.08. The van der Waals surface area contributed by atoms with Crippen molar-refractivity contribution in [1.82, 2.24) is 0 Å². The lowest BCUT2D eigenvalue weighted by Gasteiger charge is -2.13. The SMILES string of the molecule is OB(O)c1cccc(C2CC2)c1C1CC1. The van der Waals surface area contributed by atoms with Gasteiger partial charge in [0, 0.05) is 0 Å². The molecule has 0 saturated heterocycles. The Labute approximate surface area is 90.1 Å². The van der Waals surface area contributed by atoms with Gasteiger partial charge in [0.05, 0.1) is 0 Å². The van der Waals surface area contributed by atoms with E-state index in [4.69, 9.17) is 0 Å². The van der Waals surface area contributed by atoms with E-state index in [1.165, 1.54) is 36.8 Å². The Kier molecular flexibility index (Phi) is 2.11. The molecule has 0 bridgehead atoms. The maximum atomic E-state index is 9.36. The van der Waals surface area contributed by atoms with Gasteiger partial charge in [-0.15, -0.1) is 0 Å². The third-order valence-electron chi connectivity index (χ3n) is 3.45. The van der Waals surface area contributed by atoms with E-state index in [2.05, 4.69) is 6.07 Å². The molecule has 2 fully saturated rings. The van der Waals surface area contributed by atoms with Crippen LogP contribution in [-0.2, 0) is 0 Å². The first-order valence-electron chi connectivity index (χ1n) is 5.76. The average molecular weight is 202 g/mol. The summed E-state index contributed by atoms with van der Waals surface area (Å²) in [6.45, 7) is 0. The summed E-state index contributed by atoms with van der Waals surface area (Å²) in [6.07, 6.45) is 4.96. The van der Waals surface area contributed by atoms with Crippen LogP contribution in [0.5, 0.6) is 0 Å². The van der Waals surface area contributed by atoms with Crippen molar-refractivity contribution in [3.05, 3.63) is 29.3 Å². The Hall–Kier alpha value is -0.795. The fourth-order valence-corrected chi connectivity index (χ4v) is 2.42. The van der Waals surface area contributed by atoms with Gasteiger partial charge in [-0.05, 0) is 54.1 Å². The molecule has 1 aromatic carbocycles. The van der Waals surface area contributed by atoms with Gasteiger partial charge in [0.25, 0.3) is 0 Å². The van der Waals surface area contributed by atoms with Crippen LogP contribution < -0.4 is 5.46 Å². The van der Waals surface area contributed by atoms with E-state index in [0.29, 0.717) is 11.8 Å². The number of benzene rings is 1. The second-order valence-electron chi connectivity index (χ2n) is 4.77. The second kappa shape index (κ2) is 3.36. The zero-order chi connectivity index (χ0) is 10.4. The highest BCUT2D eigenvalue weighted by Crippen LogP contribution is 2.48. The Morgan fingerprint density at radius 1 is 1.00 bits per heavy atom. The largest absolute Gasteiger partial charge is 0.488 e. The van der Waals surface area contributed by atoms with Crippen LogP contribution in [0, 0.1) is 0 Å². The smallest absolute Gasteiger partial charge is 0.423 e. The van der Waals surface area contributed by atoms with E-state index in [9.17, 15) is 10.0 Å². The van der Waals surface area contributed by atoms with Crippen LogP contribution in [0.2, 0.25) is 0 Å². The Morgan fingerprint density at radius 3 is 2.20 bits per heavy atom. The number of hydrogen-bond donors (Lipinski definition) is 2. The summed E-state index contributed by atoms with van der Waals surface area (Å²) in [5.74, 6) is 1.29. The van der Waals surface area contributed by atoms with Crippen LogP contribution in [-0.4, -0.2) is 17.2 Å². The van der Waals surface area contributed by atoms with Gasteiger partial charge >= 0.3 is 7.12 Å². The number of rotatable bonds is 3. The van der Waals surface area contributed by atoms with E-state index in [1.54, 1.807) is 0 Å². The van der Waals surface area contributed by atoms with Gasteiger partial charge in [-0.3, -0.25) is 0 Å². The molecule has 3 rings (SSSR count). The molecule has 1 aromatic rings. The van der Waals surface area contributed by atoms with Crippen LogP contribution in [0.4, 0.5) is 0 Å². The second-order valence-corrected chi connectivity index (χ2v) is 4.77. The molecule has 0 amide bonds. The summed E-state index contributed by atoms with van der Waals surface area (Å²) in [4.78, 5) is 0. The standard InChI is InChI=1S/C12H15BO2/c14-13(15)11-3-1-2-10(8-4-5-8)12(11)9-6-7-9/h1-3,8-9,14-15H,4-7H2. The van der Waals surface area contributed by atoms with Crippen molar-refractivity contribution in [2.75, 3.05) is 0 Å². The highest BCUT2D eigenvalue weighted by Gasteiger charge is 2.35. The fourth-order valence-electron chi connectivity index (χ4n) is 2.42. The van der Waals surface area contributed by atoms with E-state index < -0.39 is 7.12 Å². The van der Waals surface area contributed by atoms with Crippen LogP contribution in [0.3, 0.4) is 0 Å². The molecule has 3 heteroatoms. The summed E-state index contributed by atoms with van der Waals surface area (Å²) in [6, 6.07) is 5.97. The third kappa shape index (κ3) is 1.70. The van der Waals surface area contributed by atoms with Crippen molar-refractivity contribution < 1.29 is 10.0 Å². The Balaban J connectivity index is 2.08. The molecule has 0 aromatic heterocycles. The zero-order valence-corrected chi connectivity index (χ0v) is 8.69. The minimum absolute atomic E-state index is 0.596. The summed E-state index contributed by atoms with van der Waals surface area (Å²) in [5.41, 5.74) is 3.36. The predicted octanol–water partition coefficient (Wildman–Crippen LogP) is 1.12. The first kappa shape index (κ1) is 9.43. The monoisotopic (exact) mass is 202 g/mol. The molecule has 0 unspecified atom stereocenters. The van der Waals surface area contributed by atoms with Crippen LogP contribution in [0.1, 0.15) is 48.6 Å². The van der Waals surface area contributed by atoms with Gasteiger partial charge in [0.15, 0.2) is 0 Å². The summed E-state index contributed by atoms with van der Waals surface area (Å²) in [5, 5.41) is 18.7. The van der Waals surface area contributed by atoms with Crippen molar-refractivity contribution in [3.8, 4) is 0 Å². The molecule has 2 aliphatic carbocycles. The molecule has 2 N–H and O–H groups in total. The summed E-state index contributed by atoms with van der Waals surface area (Å²) >= 11 is 0. The van der Waals surface area contributed by atoms with Gasteiger partial charge in [0.1, 0.15) is 0 Å². The zero-order valence-electron chi connectivity index (χ0n) is 8.69. The van der Waals surface area contributed by atoms with Gasteiger partial charge in [-0.1, -0.05) is 18.2 Å². The maximum Gasteiger partial charge on any atom is 0.488 e. The Bertz CT molecular complexity index is 361. The lowest BCUT2D eigenvalue weighted by atomic mass is 9.74. The van der Waals surface area contributed by atoms with Gasteiger partial charge < -0.3 is 10.0 Å². The van der Waals surface area contributed by atoms with Gasteiger partial charge in [0.2, 0.25) is 0 Å². The first-order valence-corrected chi connectivity index (χ1v) is 5.76. The van der Waals surface area contributed by atoms with Crippen molar-refractivity contribution in [2.45, 2.75) is 37.5 Å². The van der Waals surface area contributed by atoms with Crippen molar-refractivity contribution >= 4 is 12.6 Å². The maximum absolute atomic E-state index is 9.36. The van der Waals surface area contributed by atoms with Crippen molar-refractivity contribution in [1.29, 1.82) is 0 Å². The number of hydrogen-bond acceptors (Lipinski definition) is 2. The molecular formula is C12H15BO2. The molecule has 2 nitrogen and oxygen atoms in total. The summed E-state index contributed by atoms with van der Waals surface area (Å²) < 4.78 is 0. The van der Waals surface area contributed by atoms with E-state index >= 15 is 0 Å². The third-order valence-corrected chi connectivity index (χ3v) is 3.45. The minimum atomic E-state index is -1.31. The molecule has 0 heterocycles.